The number of halogens is 1. The summed E-state index contributed by atoms with van der Waals surface area (Å²) in [5, 5.41) is 3.84. The molecule has 0 bridgehead atoms. The Morgan fingerprint density at radius 1 is 1.09 bits per heavy atom. The van der Waals surface area contributed by atoms with E-state index < -0.39 is 0 Å². The molecule has 0 aliphatic heterocycles. The van der Waals surface area contributed by atoms with Crippen molar-refractivity contribution in [1.29, 1.82) is 0 Å². The van der Waals surface area contributed by atoms with Crippen LogP contribution in [0.1, 0.15) is 35.4 Å². The maximum atomic E-state index is 12.3. The van der Waals surface area contributed by atoms with Gasteiger partial charge in [0, 0.05) is 22.0 Å². The van der Waals surface area contributed by atoms with Crippen molar-refractivity contribution in [2.45, 2.75) is 37.8 Å². The van der Waals surface area contributed by atoms with Crippen molar-refractivity contribution < 1.29 is 4.79 Å². The molecule has 0 saturated heterocycles. The lowest BCUT2D eigenvalue weighted by Crippen LogP contribution is -2.40. The minimum Gasteiger partial charge on any atom is -0.349 e. The van der Waals surface area contributed by atoms with Crippen molar-refractivity contribution in [3.63, 3.8) is 0 Å². The van der Waals surface area contributed by atoms with Gasteiger partial charge in [0.1, 0.15) is 0 Å². The molecule has 116 valence electrons. The molecule has 0 radical (unpaired) electrons. The second kappa shape index (κ2) is 6.82. The Kier molecular flexibility index (Phi) is 4.81. The molecule has 3 N–H and O–H groups in total. The zero-order chi connectivity index (χ0) is 15.5. The Morgan fingerprint density at radius 3 is 2.45 bits per heavy atom. The van der Waals surface area contributed by atoms with E-state index in [0.717, 1.165) is 41.0 Å². The van der Waals surface area contributed by atoms with Crippen molar-refractivity contribution >= 4 is 28.8 Å². The van der Waals surface area contributed by atoms with Crippen LogP contribution in [0, 0.1) is 0 Å². The summed E-state index contributed by atoms with van der Waals surface area (Å²) in [4.78, 5) is 14.2. The summed E-state index contributed by atoms with van der Waals surface area (Å²) in [6, 6.07) is 12.1. The van der Waals surface area contributed by atoms with Gasteiger partial charge in [0.15, 0.2) is 0 Å². The molecule has 1 aliphatic carbocycles. The third-order valence-corrected chi connectivity index (χ3v) is 5.45. The van der Waals surface area contributed by atoms with E-state index in [-0.39, 0.29) is 11.9 Å². The molecule has 1 aromatic heterocycles. The average Bonchev–Trinajstić information content (AvgIpc) is 3.00. The first-order valence-electron chi connectivity index (χ1n) is 7.54. The Bertz CT molecular complexity index is 645. The lowest BCUT2D eigenvalue weighted by atomic mass is 9.92. The standard InChI is InChI=1S/C17H19ClN2OS/c18-12-3-1-11(2-4-12)15-9-10-16(22-15)17(21)20-14-7-5-13(19)6-8-14/h1-4,9-10,13-14H,5-8,19H2,(H,20,21). The number of nitrogens with two attached hydrogens (primary N) is 1. The molecule has 1 heterocycles. The van der Waals surface area contributed by atoms with Crippen molar-refractivity contribution in [2.75, 3.05) is 0 Å². The van der Waals surface area contributed by atoms with Crippen LogP contribution in [0.25, 0.3) is 10.4 Å². The van der Waals surface area contributed by atoms with Gasteiger partial charge in [0.05, 0.1) is 4.88 Å². The number of thiophene rings is 1. The molecular formula is C17H19ClN2OS. The number of rotatable bonds is 3. The molecule has 1 fully saturated rings. The molecule has 2 aromatic rings. The van der Waals surface area contributed by atoms with Gasteiger partial charge in [0.2, 0.25) is 0 Å². The minimum atomic E-state index is 0.0192. The topological polar surface area (TPSA) is 55.1 Å². The van der Waals surface area contributed by atoms with Gasteiger partial charge in [-0.25, -0.2) is 0 Å². The summed E-state index contributed by atoms with van der Waals surface area (Å²) in [7, 11) is 0. The van der Waals surface area contributed by atoms with Crippen LogP contribution < -0.4 is 11.1 Å². The summed E-state index contributed by atoms with van der Waals surface area (Å²) in [6.07, 6.45) is 3.93. The first kappa shape index (κ1) is 15.5. The quantitative estimate of drug-likeness (QED) is 0.889. The van der Waals surface area contributed by atoms with E-state index in [2.05, 4.69) is 5.32 Å². The van der Waals surface area contributed by atoms with Crippen LogP contribution >= 0.6 is 22.9 Å². The fraction of sp³-hybridized carbons (Fsp3) is 0.353. The summed E-state index contributed by atoms with van der Waals surface area (Å²) in [6.45, 7) is 0. The SMILES string of the molecule is NC1CCC(NC(=O)c2ccc(-c3ccc(Cl)cc3)s2)CC1. The molecule has 5 heteroatoms. The lowest BCUT2D eigenvalue weighted by molar-refractivity contribution is 0.0930. The number of nitrogens with one attached hydrogen (secondary N) is 1. The van der Waals surface area contributed by atoms with Crippen LogP contribution in [0.15, 0.2) is 36.4 Å². The third kappa shape index (κ3) is 3.69. The summed E-state index contributed by atoms with van der Waals surface area (Å²) >= 11 is 7.41. The first-order valence-corrected chi connectivity index (χ1v) is 8.73. The van der Waals surface area contributed by atoms with Gasteiger partial charge in [-0.2, -0.15) is 0 Å². The first-order chi connectivity index (χ1) is 10.6. The largest absolute Gasteiger partial charge is 0.349 e. The van der Waals surface area contributed by atoms with Crippen LogP contribution in [-0.4, -0.2) is 18.0 Å². The molecule has 22 heavy (non-hydrogen) atoms. The number of amides is 1. The molecule has 1 aliphatic rings. The van der Waals surface area contributed by atoms with Crippen molar-refractivity contribution in [3.05, 3.63) is 46.3 Å². The molecule has 0 spiro atoms. The fourth-order valence-electron chi connectivity index (χ4n) is 2.75. The van der Waals surface area contributed by atoms with Gasteiger partial charge in [-0.05, 0) is 55.5 Å². The molecule has 0 unspecified atom stereocenters. The van der Waals surface area contributed by atoms with Crippen LogP contribution in [0.4, 0.5) is 0 Å². The average molecular weight is 335 g/mol. The van der Waals surface area contributed by atoms with E-state index in [0.29, 0.717) is 11.1 Å². The van der Waals surface area contributed by atoms with Gasteiger partial charge in [-0.3, -0.25) is 4.79 Å². The number of carbonyl (C=O) groups is 1. The second-order valence-electron chi connectivity index (χ2n) is 5.76. The molecule has 3 nitrogen and oxygen atoms in total. The zero-order valence-electron chi connectivity index (χ0n) is 12.2. The molecule has 0 atom stereocenters. The van der Waals surface area contributed by atoms with Crippen molar-refractivity contribution in [3.8, 4) is 10.4 Å². The maximum absolute atomic E-state index is 12.3. The van der Waals surface area contributed by atoms with Crippen LogP contribution in [0.2, 0.25) is 5.02 Å². The van der Waals surface area contributed by atoms with Gasteiger partial charge in [-0.15, -0.1) is 11.3 Å². The van der Waals surface area contributed by atoms with Crippen molar-refractivity contribution in [1.82, 2.24) is 5.32 Å². The monoisotopic (exact) mass is 334 g/mol. The third-order valence-electron chi connectivity index (χ3n) is 4.07. The Hall–Kier alpha value is -1.36. The number of benzene rings is 1. The molecule has 1 saturated carbocycles. The summed E-state index contributed by atoms with van der Waals surface area (Å²) in [5.74, 6) is 0.0192. The minimum absolute atomic E-state index is 0.0192. The highest BCUT2D eigenvalue weighted by Gasteiger charge is 2.21. The van der Waals surface area contributed by atoms with Crippen LogP contribution in [0.3, 0.4) is 0 Å². The molecule has 1 aromatic carbocycles. The lowest BCUT2D eigenvalue weighted by Gasteiger charge is -2.26. The van der Waals surface area contributed by atoms with E-state index in [1.807, 2.05) is 36.4 Å². The van der Waals surface area contributed by atoms with E-state index >= 15 is 0 Å². The number of hydrogen-bond donors (Lipinski definition) is 2. The Balaban J connectivity index is 1.65. The van der Waals surface area contributed by atoms with Crippen molar-refractivity contribution in [2.24, 2.45) is 5.73 Å². The second-order valence-corrected chi connectivity index (χ2v) is 7.28. The van der Waals surface area contributed by atoms with Gasteiger partial charge >= 0.3 is 0 Å². The highest BCUT2D eigenvalue weighted by Crippen LogP contribution is 2.29. The van der Waals surface area contributed by atoms with Gasteiger partial charge < -0.3 is 11.1 Å². The van der Waals surface area contributed by atoms with E-state index in [1.54, 1.807) is 0 Å². The summed E-state index contributed by atoms with van der Waals surface area (Å²) < 4.78 is 0. The number of carbonyl (C=O) groups excluding carboxylic acids is 1. The number of hydrogen-bond acceptors (Lipinski definition) is 3. The van der Waals surface area contributed by atoms with E-state index in [9.17, 15) is 4.79 Å². The Morgan fingerprint density at radius 2 is 1.77 bits per heavy atom. The molecule has 1 amide bonds. The highest BCUT2D eigenvalue weighted by molar-refractivity contribution is 7.17. The predicted molar refractivity (Wildman–Crippen MR) is 92.5 cm³/mol. The van der Waals surface area contributed by atoms with E-state index in [1.165, 1.54) is 11.3 Å². The summed E-state index contributed by atoms with van der Waals surface area (Å²) in [5.41, 5.74) is 6.98. The van der Waals surface area contributed by atoms with E-state index in [4.69, 9.17) is 17.3 Å². The Labute approximate surface area is 139 Å². The predicted octanol–water partition coefficient (Wildman–Crippen LogP) is 4.07. The van der Waals surface area contributed by atoms with Crippen LogP contribution in [-0.2, 0) is 0 Å². The molecule has 3 rings (SSSR count). The van der Waals surface area contributed by atoms with Crippen LogP contribution in [0.5, 0.6) is 0 Å². The fourth-order valence-corrected chi connectivity index (χ4v) is 3.79. The zero-order valence-corrected chi connectivity index (χ0v) is 13.8. The maximum Gasteiger partial charge on any atom is 0.261 e. The highest BCUT2D eigenvalue weighted by atomic mass is 35.5. The molecular weight excluding hydrogens is 316 g/mol. The smallest absolute Gasteiger partial charge is 0.261 e. The van der Waals surface area contributed by atoms with Gasteiger partial charge in [0.25, 0.3) is 5.91 Å². The normalized spacial score (nSPS) is 21.5. The van der Waals surface area contributed by atoms with Gasteiger partial charge in [-0.1, -0.05) is 23.7 Å².